The van der Waals surface area contributed by atoms with Gasteiger partial charge in [-0.15, -0.1) is 0 Å². The highest BCUT2D eigenvalue weighted by atomic mass is 79.9. The van der Waals surface area contributed by atoms with E-state index in [0.717, 1.165) is 4.47 Å². The molecule has 2 aromatic rings. The molecule has 0 unspecified atom stereocenters. The molecule has 0 aliphatic rings. The van der Waals surface area contributed by atoms with Gasteiger partial charge in [0.1, 0.15) is 11.6 Å². The zero-order valence-electron chi connectivity index (χ0n) is 8.28. The maximum absolute atomic E-state index is 12.7. The van der Waals surface area contributed by atoms with E-state index < -0.39 is 0 Å². The number of benzene rings is 2. The predicted octanol–water partition coefficient (Wildman–Crippen LogP) is 3.96. The van der Waals surface area contributed by atoms with Crippen molar-refractivity contribution in [3.63, 3.8) is 0 Å². The Balaban J connectivity index is 2.26. The van der Waals surface area contributed by atoms with Crippen LogP contribution in [0.5, 0.6) is 11.5 Å². The van der Waals surface area contributed by atoms with Crippen molar-refractivity contribution < 1.29 is 9.13 Å². The Morgan fingerprint density at radius 3 is 2.44 bits per heavy atom. The second-order valence-electron chi connectivity index (χ2n) is 3.24. The van der Waals surface area contributed by atoms with Gasteiger partial charge in [-0.2, -0.15) is 0 Å². The van der Waals surface area contributed by atoms with E-state index in [-0.39, 0.29) is 5.82 Å². The molecule has 0 radical (unpaired) electrons. The maximum atomic E-state index is 12.7. The van der Waals surface area contributed by atoms with Crippen molar-refractivity contribution in [3.05, 3.63) is 52.8 Å². The zero-order chi connectivity index (χ0) is 11.5. The number of rotatable bonds is 2. The van der Waals surface area contributed by atoms with Crippen molar-refractivity contribution in [2.24, 2.45) is 0 Å². The van der Waals surface area contributed by atoms with Crippen molar-refractivity contribution >= 4 is 21.6 Å². The van der Waals surface area contributed by atoms with Crippen molar-refractivity contribution in [3.8, 4) is 11.5 Å². The molecule has 0 bridgehead atoms. The average molecular weight is 282 g/mol. The van der Waals surface area contributed by atoms with Crippen molar-refractivity contribution in [2.75, 3.05) is 5.73 Å². The van der Waals surface area contributed by atoms with E-state index in [1.807, 2.05) is 6.07 Å². The molecule has 0 saturated heterocycles. The molecule has 0 aliphatic carbocycles. The SMILES string of the molecule is Nc1ccc(Br)cc1Oc1ccc(F)cc1. The summed E-state index contributed by atoms with van der Waals surface area (Å²) in [7, 11) is 0. The molecule has 0 amide bonds. The fraction of sp³-hybridized carbons (Fsp3) is 0. The van der Waals surface area contributed by atoms with Gasteiger partial charge in [-0.25, -0.2) is 4.39 Å². The fourth-order valence-electron chi connectivity index (χ4n) is 1.23. The summed E-state index contributed by atoms with van der Waals surface area (Å²) in [5.41, 5.74) is 6.28. The van der Waals surface area contributed by atoms with E-state index in [2.05, 4.69) is 15.9 Å². The van der Waals surface area contributed by atoms with E-state index in [9.17, 15) is 4.39 Å². The quantitative estimate of drug-likeness (QED) is 0.846. The molecule has 0 aliphatic heterocycles. The minimum absolute atomic E-state index is 0.297. The van der Waals surface area contributed by atoms with Crippen LogP contribution in [-0.4, -0.2) is 0 Å². The third-order valence-electron chi connectivity index (χ3n) is 2.02. The van der Waals surface area contributed by atoms with E-state index in [1.54, 1.807) is 24.3 Å². The summed E-state index contributed by atoms with van der Waals surface area (Å²) < 4.78 is 19.1. The van der Waals surface area contributed by atoms with Crippen LogP contribution in [0, 0.1) is 5.82 Å². The van der Waals surface area contributed by atoms with Gasteiger partial charge >= 0.3 is 0 Å². The molecular formula is C12H9BrFNO. The van der Waals surface area contributed by atoms with Crippen LogP contribution in [0.25, 0.3) is 0 Å². The Bertz CT molecular complexity index is 499. The van der Waals surface area contributed by atoms with Gasteiger partial charge < -0.3 is 10.5 Å². The van der Waals surface area contributed by atoms with Crippen molar-refractivity contribution in [2.45, 2.75) is 0 Å². The second kappa shape index (κ2) is 4.53. The number of nitrogens with two attached hydrogens (primary N) is 1. The van der Waals surface area contributed by atoms with E-state index in [1.165, 1.54) is 12.1 Å². The van der Waals surface area contributed by atoms with Crippen LogP contribution in [0.15, 0.2) is 46.9 Å². The minimum Gasteiger partial charge on any atom is -0.455 e. The number of halogens is 2. The van der Waals surface area contributed by atoms with Crippen molar-refractivity contribution in [1.82, 2.24) is 0 Å². The molecular weight excluding hydrogens is 273 g/mol. The van der Waals surface area contributed by atoms with E-state index in [0.29, 0.717) is 17.2 Å². The van der Waals surface area contributed by atoms with Gasteiger partial charge in [-0.1, -0.05) is 15.9 Å². The van der Waals surface area contributed by atoms with Crippen LogP contribution in [0.1, 0.15) is 0 Å². The fourth-order valence-corrected chi connectivity index (χ4v) is 1.57. The second-order valence-corrected chi connectivity index (χ2v) is 4.15. The third kappa shape index (κ3) is 2.52. The lowest BCUT2D eigenvalue weighted by molar-refractivity contribution is 0.482. The summed E-state index contributed by atoms with van der Waals surface area (Å²) in [6.45, 7) is 0. The summed E-state index contributed by atoms with van der Waals surface area (Å²) in [5.74, 6) is 0.793. The molecule has 0 heterocycles. The van der Waals surface area contributed by atoms with Gasteiger partial charge in [0, 0.05) is 4.47 Å². The number of hydrogen-bond acceptors (Lipinski definition) is 2. The monoisotopic (exact) mass is 281 g/mol. The Morgan fingerprint density at radius 2 is 1.75 bits per heavy atom. The molecule has 0 fully saturated rings. The van der Waals surface area contributed by atoms with Crippen LogP contribution in [0.3, 0.4) is 0 Å². The van der Waals surface area contributed by atoms with Gasteiger partial charge in [0.15, 0.2) is 5.75 Å². The van der Waals surface area contributed by atoms with E-state index >= 15 is 0 Å². The average Bonchev–Trinajstić information content (AvgIpc) is 2.27. The number of hydrogen-bond donors (Lipinski definition) is 1. The molecule has 82 valence electrons. The Kier molecular flexibility index (Phi) is 3.10. The summed E-state index contributed by atoms with van der Waals surface area (Å²) >= 11 is 3.33. The number of ether oxygens (including phenoxy) is 1. The number of anilines is 1. The van der Waals surface area contributed by atoms with Crippen LogP contribution in [-0.2, 0) is 0 Å². The Morgan fingerprint density at radius 1 is 1.06 bits per heavy atom. The summed E-state index contributed by atoms with van der Waals surface area (Å²) in [4.78, 5) is 0. The van der Waals surface area contributed by atoms with Gasteiger partial charge in [-0.3, -0.25) is 0 Å². The normalized spacial score (nSPS) is 10.1. The van der Waals surface area contributed by atoms with Crippen LogP contribution in [0.2, 0.25) is 0 Å². The highest BCUT2D eigenvalue weighted by molar-refractivity contribution is 9.10. The first-order chi connectivity index (χ1) is 7.65. The lowest BCUT2D eigenvalue weighted by Gasteiger charge is -2.08. The van der Waals surface area contributed by atoms with Gasteiger partial charge in [-0.05, 0) is 42.5 Å². The van der Waals surface area contributed by atoms with Gasteiger partial charge in [0.2, 0.25) is 0 Å². The van der Waals surface area contributed by atoms with Crippen LogP contribution < -0.4 is 10.5 Å². The minimum atomic E-state index is -0.297. The molecule has 2 N–H and O–H groups in total. The smallest absolute Gasteiger partial charge is 0.151 e. The van der Waals surface area contributed by atoms with Crippen LogP contribution in [0.4, 0.5) is 10.1 Å². The molecule has 4 heteroatoms. The molecule has 2 aromatic carbocycles. The third-order valence-corrected chi connectivity index (χ3v) is 2.51. The van der Waals surface area contributed by atoms with Crippen LogP contribution >= 0.6 is 15.9 Å². The van der Waals surface area contributed by atoms with E-state index in [4.69, 9.17) is 10.5 Å². The standard InChI is InChI=1S/C12H9BrFNO/c13-8-1-6-11(15)12(7-8)16-10-4-2-9(14)3-5-10/h1-7H,15H2. The summed E-state index contributed by atoms with van der Waals surface area (Å²) in [5, 5.41) is 0. The summed E-state index contributed by atoms with van der Waals surface area (Å²) in [6.07, 6.45) is 0. The molecule has 2 nitrogen and oxygen atoms in total. The Hall–Kier alpha value is -1.55. The van der Waals surface area contributed by atoms with Gasteiger partial charge in [0.25, 0.3) is 0 Å². The molecule has 0 saturated carbocycles. The lowest BCUT2D eigenvalue weighted by atomic mass is 10.3. The largest absolute Gasteiger partial charge is 0.455 e. The first-order valence-corrected chi connectivity index (χ1v) is 5.43. The first kappa shape index (κ1) is 11.0. The highest BCUT2D eigenvalue weighted by Gasteiger charge is 2.03. The number of nitrogen functional groups attached to an aromatic ring is 1. The topological polar surface area (TPSA) is 35.2 Å². The molecule has 0 aromatic heterocycles. The molecule has 16 heavy (non-hydrogen) atoms. The highest BCUT2D eigenvalue weighted by Crippen LogP contribution is 2.30. The molecule has 0 atom stereocenters. The van der Waals surface area contributed by atoms with Crippen molar-refractivity contribution in [1.29, 1.82) is 0 Å². The summed E-state index contributed by atoms with van der Waals surface area (Å²) in [6, 6.07) is 11.1. The predicted molar refractivity (Wildman–Crippen MR) is 65.0 cm³/mol. The zero-order valence-corrected chi connectivity index (χ0v) is 9.87. The maximum Gasteiger partial charge on any atom is 0.151 e. The first-order valence-electron chi connectivity index (χ1n) is 4.63. The molecule has 0 spiro atoms. The van der Waals surface area contributed by atoms with Gasteiger partial charge in [0.05, 0.1) is 5.69 Å². The molecule has 2 rings (SSSR count). The Labute approximate surface area is 101 Å². The lowest BCUT2D eigenvalue weighted by Crippen LogP contribution is -1.91.